The van der Waals surface area contributed by atoms with Gasteiger partial charge in [-0.05, 0) is 80.7 Å². The summed E-state index contributed by atoms with van der Waals surface area (Å²) in [6.45, 7) is 9.79. The van der Waals surface area contributed by atoms with Gasteiger partial charge in [0.2, 0.25) is 12.1 Å². The second kappa shape index (κ2) is 12.9. The molecule has 2 bridgehead atoms. The number of esters is 3. The van der Waals surface area contributed by atoms with Crippen LogP contribution in [0.3, 0.4) is 0 Å². The van der Waals surface area contributed by atoms with Crippen LogP contribution in [0.2, 0.25) is 0 Å². The zero-order valence-corrected chi connectivity index (χ0v) is 31.7. The number of carbonyl (C=O) groups excluding carboxylic acids is 3. The van der Waals surface area contributed by atoms with E-state index in [0.29, 0.717) is 41.4 Å². The third-order valence-electron chi connectivity index (χ3n) is 13.2. The highest BCUT2D eigenvalue weighted by atomic mass is 17.3. The maximum absolute atomic E-state index is 13.7. The van der Waals surface area contributed by atoms with E-state index in [4.69, 9.17) is 38.4 Å². The molecular weight excluding hydrogens is 712 g/mol. The standard InChI is InChI=1S/C41H46N2O12/c1-6-23-24-16-22(9-11-30(24)42-34-25(23)18-43-31(34)17-29-26(35(43)46)19-49-37(47)40(29,48)7-2)50-32(44)12-13-33(45)51-36-21(4)28-10-8-20(3)27-14-15-39(5)53-38(52-36)41(27,28)55-54-39/h9,11,16-17,20-21,27-28,36,38,48H,6-8,10,12-15,18-19H2,1-5H3/t20-,21-,27+,28+,36-,38-,39+,40+,41+/m1/s1. The first kappa shape index (κ1) is 36.4. The summed E-state index contributed by atoms with van der Waals surface area (Å²) in [4.78, 5) is 69.4. The van der Waals surface area contributed by atoms with Crippen LogP contribution in [0.15, 0.2) is 29.1 Å². The molecule has 3 aromatic rings. The highest BCUT2D eigenvalue weighted by Crippen LogP contribution is 2.60. The number of benzene rings is 1. The largest absolute Gasteiger partial charge is 0.458 e. The molecule has 1 saturated carbocycles. The monoisotopic (exact) mass is 758 g/mol. The van der Waals surface area contributed by atoms with Gasteiger partial charge in [0.1, 0.15) is 12.4 Å². The minimum atomic E-state index is -1.92. The normalized spacial score (nSPS) is 34.2. The second-order valence-corrected chi connectivity index (χ2v) is 16.3. The van der Waals surface area contributed by atoms with E-state index in [2.05, 4.69) is 6.92 Å². The average Bonchev–Trinajstić information content (AvgIpc) is 3.38. The van der Waals surface area contributed by atoms with Gasteiger partial charge in [0.15, 0.2) is 17.5 Å². The number of aryl methyl sites for hydroxylation is 1. The molecule has 0 amide bonds. The van der Waals surface area contributed by atoms with Gasteiger partial charge in [-0.1, -0.05) is 27.7 Å². The molecule has 6 aliphatic heterocycles. The summed E-state index contributed by atoms with van der Waals surface area (Å²) < 4.78 is 31.1. The molecule has 292 valence electrons. The van der Waals surface area contributed by atoms with E-state index in [0.717, 1.165) is 35.8 Å². The average molecular weight is 759 g/mol. The maximum atomic E-state index is 13.7. The van der Waals surface area contributed by atoms with Gasteiger partial charge in [0, 0.05) is 34.8 Å². The fourth-order valence-corrected chi connectivity index (χ4v) is 10.2. The summed E-state index contributed by atoms with van der Waals surface area (Å²) in [5.41, 5.74) is 1.01. The van der Waals surface area contributed by atoms with Crippen molar-refractivity contribution < 1.29 is 52.9 Å². The Labute approximate surface area is 317 Å². The van der Waals surface area contributed by atoms with E-state index >= 15 is 0 Å². The van der Waals surface area contributed by atoms with Crippen molar-refractivity contribution >= 4 is 28.8 Å². The Bertz CT molecular complexity index is 2200. The van der Waals surface area contributed by atoms with E-state index in [1.54, 1.807) is 35.8 Å². The molecule has 1 spiro atoms. The van der Waals surface area contributed by atoms with Crippen LogP contribution in [0.1, 0.15) is 102 Å². The Morgan fingerprint density at radius 3 is 2.60 bits per heavy atom. The first-order valence-electron chi connectivity index (χ1n) is 19.5. The summed E-state index contributed by atoms with van der Waals surface area (Å²) in [6.07, 6.45) is 2.08. The van der Waals surface area contributed by atoms with Crippen molar-refractivity contribution in [1.29, 1.82) is 0 Å². The highest BCUT2D eigenvalue weighted by Gasteiger charge is 2.69. The van der Waals surface area contributed by atoms with Gasteiger partial charge in [-0.15, -0.1) is 0 Å². The van der Waals surface area contributed by atoms with Gasteiger partial charge in [0.05, 0.1) is 41.9 Å². The van der Waals surface area contributed by atoms with Crippen molar-refractivity contribution in [1.82, 2.24) is 9.55 Å². The van der Waals surface area contributed by atoms with Crippen LogP contribution in [-0.4, -0.2) is 56.5 Å². The van der Waals surface area contributed by atoms with Crippen LogP contribution in [-0.2, 0) is 68.3 Å². The lowest BCUT2D eigenvalue weighted by atomic mass is 9.58. The summed E-state index contributed by atoms with van der Waals surface area (Å²) >= 11 is 0. The first-order chi connectivity index (χ1) is 26.3. The molecule has 5 fully saturated rings. The number of aliphatic hydroxyl groups is 1. The number of pyridine rings is 2. The molecule has 14 heteroatoms. The number of nitrogens with zero attached hydrogens (tertiary/aromatic N) is 2. The molecule has 9 atom stereocenters. The van der Waals surface area contributed by atoms with Gasteiger partial charge in [-0.3, -0.25) is 14.4 Å². The minimum absolute atomic E-state index is 0.00344. The molecule has 7 aliphatic rings. The van der Waals surface area contributed by atoms with E-state index < -0.39 is 47.5 Å². The highest BCUT2D eigenvalue weighted by molar-refractivity contribution is 5.90. The fourth-order valence-electron chi connectivity index (χ4n) is 10.2. The first-order valence-corrected chi connectivity index (χ1v) is 19.5. The van der Waals surface area contributed by atoms with E-state index in [1.165, 1.54) is 0 Å². The van der Waals surface area contributed by atoms with Crippen LogP contribution in [0.5, 0.6) is 5.75 Å². The quantitative estimate of drug-likeness (QED) is 0.151. The van der Waals surface area contributed by atoms with Crippen molar-refractivity contribution in [2.45, 2.75) is 129 Å². The summed E-state index contributed by atoms with van der Waals surface area (Å²) in [5.74, 6) is -2.21. The third-order valence-corrected chi connectivity index (χ3v) is 13.2. The predicted octanol–water partition coefficient (Wildman–Crippen LogP) is 5.08. The molecule has 10 rings (SSSR count). The Balaban J connectivity index is 0.892. The Hall–Kier alpha value is -4.21. The van der Waals surface area contributed by atoms with Crippen molar-refractivity contribution in [2.24, 2.45) is 23.7 Å². The predicted molar refractivity (Wildman–Crippen MR) is 192 cm³/mol. The molecule has 8 heterocycles. The molecule has 4 saturated heterocycles. The summed E-state index contributed by atoms with van der Waals surface area (Å²) in [7, 11) is 0. The number of carbonyl (C=O) groups is 3. The summed E-state index contributed by atoms with van der Waals surface area (Å²) in [5, 5.41) is 12.0. The number of cyclic esters (lactones) is 1. The topological polar surface area (TPSA) is 171 Å². The molecule has 55 heavy (non-hydrogen) atoms. The second-order valence-electron chi connectivity index (χ2n) is 16.3. The number of hydrogen-bond acceptors (Lipinski definition) is 13. The number of ether oxygens (including phenoxy) is 5. The Morgan fingerprint density at radius 1 is 1.02 bits per heavy atom. The van der Waals surface area contributed by atoms with Crippen molar-refractivity contribution in [3.63, 3.8) is 0 Å². The molecule has 1 N–H and O–H groups in total. The van der Waals surface area contributed by atoms with Crippen LogP contribution >= 0.6 is 0 Å². The lowest BCUT2D eigenvalue weighted by molar-refractivity contribution is -0.576. The maximum Gasteiger partial charge on any atom is 0.343 e. The van der Waals surface area contributed by atoms with Gasteiger partial charge in [0.25, 0.3) is 5.56 Å². The van der Waals surface area contributed by atoms with Crippen molar-refractivity contribution in [2.75, 3.05) is 0 Å². The SMILES string of the molecule is CCc1c2c(nc3ccc(OC(=O)CCC(=O)O[C@@H]4O[C@@H]5O[C@]6(C)CC[C@H]7[C@H](C)CC[C@@H]([C@H]4C)[C@]57OO6)cc13)-c1cc3c(c(=O)n1C2)COC(=O)[C@]3(O)CC. The number of fused-ring (bicyclic) bond motifs is 7. The number of aromatic nitrogens is 2. The molecule has 1 aliphatic carbocycles. The number of hydrogen-bond donors (Lipinski definition) is 1. The van der Waals surface area contributed by atoms with Crippen LogP contribution in [0, 0.1) is 23.7 Å². The van der Waals surface area contributed by atoms with Gasteiger partial charge in [-0.25, -0.2) is 19.6 Å². The molecule has 0 unspecified atom stereocenters. The van der Waals surface area contributed by atoms with Gasteiger partial charge >= 0.3 is 17.9 Å². The molecule has 0 radical (unpaired) electrons. The van der Waals surface area contributed by atoms with Gasteiger partial charge in [-0.2, -0.15) is 0 Å². The zero-order chi connectivity index (χ0) is 38.6. The van der Waals surface area contributed by atoms with Crippen LogP contribution < -0.4 is 10.3 Å². The van der Waals surface area contributed by atoms with Crippen molar-refractivity contribution in [3.8, 4) is 17.1 Å². The van der Waals surface area contributed by atoms with Crippen LogP contribution in [0.4, 0.5) is 0 Å². The zero-order valence-electron chi connectivity index (χ0n) is 31.7. The van der Waals surface area contributed by atoms with Gasteiger partial charge < -0.3 is 33.4 Å². The van der Waals surface area contributed by atoms with Crippen LogP contribution in [0.25, 0.3) is 22.3 Å². The Morgan fingerprint density at radius 2 is 1.82 bits per heavy atom. The molecule has 1 aromatic carbocycles. The lowest BCUT2D eigenvalue weighted by Gasteiger charge is -2.59. The third kappa shape index (κ3) is 5.42. The lowest BCUT2D eigenvalue weighted by Crippen LogP contribution is -2.70. The molecule has 2 aromatic heterocycles. The van der Waals surface area contributed by atoms with Crippen molar-refractivity contribution in [3.05, 3.63) is 56.9 Å². The molecular formula is C41H46N2O12. The number of rotatable bonds is 7. The fraction of sp³-hybridized carbons (Fsp3) is 0.585. The Kier molecular flexibility index (Phi) is 8.56. The van der Waals surface area contributed by atoms with E-state index in [-0.39, 0.29) is 66.9 Å². The van der Waals surface area contributed by atoms with E-state index in [1.807, 2.05) is 20.8 Å². The smallest absolute Gasteiger partial charge is 0.343 e. The minimum Gasteiger partial charge on any atom is -0.458 e. The molecule has 14 nitrogen and oxygen atoms in total. The van der Waals surface area contributed by atoms with E-state index in [9.17, 15) is 24.3 Å². The summed E-state index contributed by atoms with van der Waals surface area (Å²) in [6, 6.07) is 6.81.